The normalized spacial score (nSPS) is 16.1. The van der Waals surface area contributed by atoms with Gasteiger partial charge < -0.3 is 30.9 Å². The Bertz CT molecular complexity index is 1930. The Hall–Kier alpha value is -5.63. The van der Waals surface area contributed by atoms with Crippen molar-refractivity contribution in [2.45, 2.75) is 85.3 Å². The fourth-order valence-electron chi connectivity index (χ4n) is 6.99. The first-order chi connectivity index (χ1) is 27.3. The van der Waals surface area contributed by atoms with Crippen LogP contribution in [0, 0.1) is 18.8 Å². The Morgan fingerprint density at radius 1 is 0.895 bits per heavy atom. The fraction of sp³-hybridized carbons (Fsp3) is 0.465. The number of benzene rings is 3. The summed E-state index contributed by atoms with van der Waals surface area (Å²) in [6.07, 6.45) is 2.68. The van der Waals surface area contributed by atoms with Crippen molar-refractivity contribution in [3.63, 3.8) is 0 Å². The summed E-state index contributed by atoms with van der Waals surface area (Å²) >= 11 is 0. The van der Waals surface area contributed by atoms with Gasteiger partial charge in [-0.05, 0) is 136 Å². The minimum atomic E-state index is -0.850. The molecule has 0 radical (unpaired) electrons. The number of hydrogen-bond acceptors (Lipinski definition) is 9. The first-order valence-corrected chi connectivity index (χ1v) is 19.9. The maximum absolute atomic E-state index is 13.9. The van der Waals surface area contributed by atoms with Gasteiger partial charge in [0.2, 0.25) is 17.6 Å². The number of carbonyl (C=O) groups excluding carboxylic acids is 4. The number of likely N-dealkylation sites (N-methyl/N-ethyl adjacent to an activating group) is 1. The Morgan fingerprint density at radius 3 is 2.21 bits per heavy atom. The van der Waals surface area contributed by atoms with E-state index in [9.17, 15) is 19.2 Å². The summed E-state index contributed by atoms with van der Waals surface area (Å²) in [6, 6.07) is 19.8. The molecule has 304 valence electrons. The number of nitrogens with one attached hydrogen (secondary N) is 5. The first kappa shape index (κ1) is 42.5. The summed E-state index contributed by atoms with van der Waals surface area (Å²) < 4.78 is 5.36. The van der Waals surface area contributed by atoms with Gasteiger partial charge in [0.15, 0.2) is 0 Å². The number of rotatable bonds is 16. The number of anilines is 1. The maximum atomic E-state index is 13.9. The van der Waals surface area contributed by atoms with E-state index in [4.69, 9.17) is 4.74 Å². The Labute approximate surface area is 335 Å². The Morgan fingerprint density at radius 2 is 1.58 bits per heavy atom. The highest BCUT2D eigenvalue weighted by Crippen LogP contribution is 2.30. The number of amides is 4. The van der Waals surface area contributed by atoms with Crippen molar-refractivity contribution in [2.75, 3.05) is 38.0 Å². The van der Waals surface area contributed by atoms with Gasteiger partial charge in [0.1, 0.15) is 11.6 Å². The molecule has 57 heavy (non-hydrogen) atoms. The molecule has 1 heterocycles. The fourth-order valence-corrected chi connectivity index (χ4v) is 6.99. The van der Waals surface area contributed by atoms with Crippen molar-refractivity contribution < 1.29 is 23.9 Å². The summed E-state index contributed by atoms with van der Waals surface area (Å²) in [6.45, 7) is 15.4. The number of aryl methyl sites for hydroxylation is 1. The molecular weight excluding hydrogens is 723 g/mol. The lowest BCUT2D eigenvalue weighted by molar-refractivity contribution is -0.130. The third kappa shape index (κ3) is 12.7. The average molecular weight is 780 g/mol. The number of aromatic nitrogens is 4. The average Bonchev–Trinajstić information content (AvgIpc) is 3.74. The molecule has 1 aliphatic rings. The predicted octanol–water partition coefficient (Wildman–Crippen LogP) is 5.91. The number of hydrogen-bond donors (Lipinski definition) is 5. The molecule has 5 rings (SSSR count). The number of nitrogens with zero attached hydrogens (tertiary/aromatic N) is 4. The quantitative estimate of drug-likeness (QED) is 0.0923. The van der Waals surface area contributed by atoms with Crippen molar-refractivity contribution in [1.29, 1.82) is 0 Å². The van der Waals surface area contributed by atoms with Crippen LogP contribution in [0.25, 0.3) is 22.5 Å². The molecule has 14 heteroatoms. The maximum Gasteiger partial charge on any atom is 0.407 e. The van der Waals surface area contributed by atoms with Crippen LogP contribution in [0.2, 0.25) is 0 Å². The van der Waals surface area contributed by atoms with E-state index in [0.717, 1.165) is 60.3 Å². The SMILES string of the molecule is CCN(CC)CCNC(=O)c1ccc(C)c(-c2ccc(C[C@H](NC(=O)C3CCC(CNC(=O)OC(C)(C)C)CC3)C(=O)Nc3ccc(-c4nn[nH]n4)cc3)cc2)c1. The van der Waals surface area contributed by atoms with E-state index in [1.54, 1.807) is 24.3 Å². The van der Waals surface area contributed by atoms with Crippen LogP contribution in [0.4, 0.5) is 10.5 Å². The molecule has 5 N–H and O–H groups in total. The summed E-state index contributed by atoms with van der Waals surface area (Å²) in [4.78, 5) is 55.0. The second-order valence-corrected chi connectivity index (χ2v) is 15.7. The minimum absolute atomic E-state index is 0.111. The lowest BCUT2D eigenvalue weighted by atomic mass is 9.81. The molecule has 1 atom stereocenters. The van der Waals surface area contributed by atoms with Gasteiger partial charge in [0, 0.05) is 48.8 Å². The highest BCUT2D eigenvalue weighted by atomic mass is 16.6. The molecule has 0 saturated heterocycles. The van der Waals surface area contributed by atoms with Gasteiger partial charge in [-0.2, -0.15) is 5.21 Å². The lowest BCUT2D eigenvalue weighted by Crippen LogP contribution is -2.48. The standard InChI is InChI=1S/C43H57N9O5/c1-7-52(8-2)24-23-44-39(53)34-14-9-28(3)36(26-34)31-15-10-29(11-16-31)25-37(41(55)46-35-21-19-32(20-22-35)38-48-50-51-49-38)47-40(54)33-17-12-30(13-18-33)27-45-42(56)57-43(4,5)6/h9-11,14-16,19-22,26,30,33,37H,7-8,12-13,17-18,23-25,27H2,1-6H3,(H,44,53)(H,45,56)(H,46,55)(H,47,54)(H,48,49,50,51)/t30?,33?,37-/m0/s1. The van der Waals surface area contributed by atoms with E-state index in [1.807, 2.05) is 70.2 Å². The van der Waals surface area contributed by atoms with E-state index in [0.29, 0.717) is 43.0 Å². The minimum Gasteiger partial charge on any atom is -0.444 e. The number of carbonyl (C=O) groups is 4. The molecule has 1 fully saturated rings. The van der Waals surface area contributed by atoms with E-state index in [2.05, 4.69) is 60.6 Å². The van der Waals surface area contributed by atoms with E-state index < -0.39 is 17.7 Å². The van der Waals surface area contributed by atoms with E-state index >= 15 is 0 Å². The third-order valence-electron chi connectivity index (χ3n) is 10.4. The third-order valence-corrected chi connectivity index (χ3v) is 10.4. The number of alkyl carbamates (subject to hydrolysis) is 1. The van der Waals surface area contributed by atoms with Crippen molar-refractivity contribution in [1.82, 2.24) is 41.5 Å². The van der Waals surface area contributed by atoms with Crippen LogP contribution in [0.15, 0.2) is 66.7 Å². The van der Waals surface area contributed by atoms with Crippen LogP contribution in [0.5, 0.6) is 0 Å². The summed E-state index contributed by atoms with van der Waals surface area (Å²) in [7, 11) is 0. The molecule has 0 bridgehead atoms. The topological polar surface area (TPSA) is 183 Å². The van der Waals surface area contributed by atoms with Gasteiger partial charge in [0.05, 0.1) is 0 Å². The van der Waals surface area contributed by atoms with Gasteiger partial charge in [-0.25, -0.2) is 4.79 Å². The molecule has 3 aromatic carbocycles. The zero-order valence-electron chi connectivity index (χ0n) is 34.0. The van der Waals surface area contributed by atoms with E-state index in [-0.39, 0.29) is 36.0 Å². The molecule has 0 unspecified atom stereocenters. The number of aromatic amines is 1. The predicted molar refractivity (Wildman–Crippen MR) is 220 cm³/mol. The van der Waals surface area contributed by atoms with Crippen LogP contribution < -0.4 is 21.3 Å². The van der Waals surface area contributed by atoms with Crippen molar-refractivity contribution in [3.05, 3.63) is 83.4 Å². The molecular formula is C43H57N9O5. The van der Waals surface area contributed by atoms with Crippen molar-refractivity contribution >= 4 is 29.5 Å². The monoisotopic (exact) mass is 779 g/mol. The van der Waals surface area contributed by atoms with E-state index in [1.165, 1.54) is 0 Å². The van der Waals surface area contributed by atoms with Crippen LogP contribution in [-0.4, -0.2) is 93.7 Å². The van der Waals surface area contributed by atoms with Gasteiger partial charge in [-0.15, -0.1) is 10.2 Å². The molecule has 14 nitrogen and oxygen atoms in total. The first-order valence-electron chi connectivity index (χ1n) is 19.9. The Balaban J connectivity index is 1.25. The zero-order chi connectivity index (χ0) is 41.0. The summed E-state index contributed by atoms with van der Waals surface area (Å²) in [5.41, 5.74) is 5.11. The Kier molecular flexibility index (Phi) is 14.9. The van der Waals surface area contributed by atoms with Crippen LogP contribution in [0.3, 0.4) is 0 Å². The molecule has 0 aliphatic heterocycles. The molecule has 4 amide bonds. The van der Waals surface area contributed by atoms with Crippen molar-refractivity contribution in [3.8, 4) is 22.5 Å². The number of ether oxygens (including phenoxy) is 1. The molecule has 1 saturated carbocycles. The van der Waals surface area contributed by atoms with Gasteiger partial charge in [0.25, 0.3) is 5.91 Å². The second kappa shape index (κ2) is 20.0. The van der Waals surface area contributed by atoms with Crippen molar-refractivity contribution in [2.24, 2.45) is 11.8 Å². The molecule has 1 aromatic heterocycles. The molecule has 1 aliphatic carbocycles. The van der Waals surface area contributed by atoms with Gasteiger partial charge in [-0.3, -0.25) is 14.4 Å². The summed E-state index contributed by atoms with van der Waals surface area (Å²) in [5, 5.41) is 26.0. The highest BCUT2D eigenvalue weighted by Gasteiger charge is 2.30. The largest absolute Gasteiger partial charge is 0.444 e. The second-order valence-electron chi connectivity index (χ2n) is 15.7. The summed E-state index contributed by atoms with van der Waals surface area (Å²) in [5.74, 6) is -0.191. The van der Waals surface area contributed by atoms with Crippen LogP contribution >= 0.6 is 0 Å². The lowest BCUT2D eigenvalue weighted by Gasteiger charge is -2.29. The van der Waals surface area contributed by atoms with Crippen LogP contribution in [0.1, 0.15) is 81.8 Å². The zero-order valence-corrected chi connectivity index (χ0v) is 34.0. The van der Waals surface area contributed by atoms with Gasteiger partial charge in [-0.1, -0.05) is 44.2 Å². The smallest absolute Gasteiger partial charge is 0.407 e. The van der Waals surface area contributed by atoms with Crippen LogP contribution in [-0.2, 0) is 20.7 Å². The number of tetrazole rings is 1. The van der Waals surface area contributed by atoms with Gasteiger partial charge >= 0.3 is 6.09 Å². The number of H-pyrrole nitrogens is 1. The molecule has 0 spiro atoms. The highest BCUT2D eigenvalue weighted by molar-refractivity contribution is 5.98. The molecule has 4 aromatic rings.